The number of ether oxygens (including phenoxy) is 1. The zero-order chi connectivity index (χ0) is 17.8. The molecule has 0 aliphatic carbocycles. The number of carbonyl (C=O) groups is 1. The van der Waals surface area contributed by atoms with Gasteiger partial charge in [0.2, 0.25) is 0 Å². The minimum atomic E-state index is -0.932. The van der Waals surface area contributed by atoms with Gasteiger partial charge in [-0.25, -0.2) is 4.79 Å². The van der Waals surface area contributed by atoms with Crippen molar-refractivity contribution >= 4 is 29.0 Å². The lowest BCUT2D eigenvalue weighted by Crippen LogP contribution is -1.97. The molecule has 2 aromatic carbocycles. The van der Waals surface area contributed by atoms with Gasteiger partial charge in [-0.1, -0.05) is 24.3 Å². The second-order valence-corrected chi connectivity index (χ2v) is 6.78. The van der Waals surface area contributed by atoms with Gasteiger partial charge in [-0.05, 0) is 72.3 Å². The SMILES string of the molecule is Cc1cc(C)cc(Oc2ccc(/C=C(\C(=O)O)c3cccs3)cc2)c1. The van der Waals surface area contributed by atoms with E-state index in [1.54, 1.807) is 6.08 Å². The fraction of sp³-hybridized carbons (Fsp3) is 0.0952. The van der Waals surface area contributed by atoms with Crippen LogP contribution < -0.4 is 4.74 Å². The average Bonchev–Trinajstić information content (AvgIpc) is 3.07. The molecule has 0 aliphatic rings. The van der Waals surface area contributed by atoms with Crippen molar-refractivity contribution in [1.29, 1.82) is 0 Å². The monoisotopic (exact) mass is 350 g/mol. The summed E-state index contributed by atoms with van der Waals surface area (Å²) in [6.07, 6.45) is 1.68. The van der Waals surface area contributed by atoms with Crippen LogP contribution in [0.1, 0.15) is 21.6 Å². The number of carboxylic acids is 1. The lowest BCUT2D eigenvalue weighted by Gasteiger charge is -2.08. The zero-order valence-corrected chi connectivity index (χ0v) is 14.8. The van der Waals surface area contributed by atoms with Crippen LogP contribution in [0.5, 0.6) is 11.5 Å². The van der Waals surface area contributed by atoms with Crippen molar-refractivity contribution in [2.45, 2.75) is 13.8 Å². The van der Waals surface area contributed by atoms with Crippen molar-refractivity contribution in [3.63, 3.8) is 0 Å². The van der Waals surface area contributed by atoms with Crippen molar-refractivity contribution < 1.29 is 14.6 Å². The predicted octanol–water partition coefficient (Wildman–Crippen LogP) is 5.78. The Bertz CT molecular complexity index is 887. The number of carboxylic acid groups (broad SMARTS) is 1. The van der Waals surface area contributed by atoms with E-state index >= 15 is 0 Å². The number of aryl methyl sites for hydroxylation is 2. The van der Waals surface area contributed by atoms with E-state index in [9.17, 15) is 9.90 Å². The first-order valence-electron chi connectivity index (χ1n) is 7.86. The Morgan fingerprint density at radius 3 is 2.24 bits per heavy atom. The van der Waals surface area contributed by atoms with Crippen LogP contribution in [0.4, 0.5) is 0 Å². The molecule has 1 N–H and O–H groups in total. The molecule has 0 radical (unpaired) electrons. The number of benzene rings is 2. The average molecular weight is 350 g/mol. The highest BCUT2D eigenvalue weighted by atomic mass is 32.1. The van der Waals surface area contributed by atoms with Crippen molar-refractivity contribution in [3.05, 3.63) is 81.5 Å². The zero-order valence-electron chi connectivity index (χ0n) is 14.0. The number of aliphatic carboxylic acids is 1. The predicted molar refractivity (Wildman–Crippen MR) is 102 cm³/mol. The molecule has 0 aliphatic heterocycles. The van der Waals surface area contributed by atoms with E-state index in [0.717, 1.165) is 33.1 Å². The van der Waals surface area contributed by atoms with Gasteiger partial charge in [0.1, 0.15) is 11.5 Å². The van der Waals surface area contributed by atoms with Crippen LogP contribution in [0.2, 0.25) is 0 Å². The second-order valence-electron chi connectivity index (χ2n) is 5.83. The molecule has 1 aromatic heterocycles. The summed E-state index contributed by atoms with van der Waals surface area (Å²) < 4.78 is 5.88. The Morgan fingerprint density at radius 2 is 1.68 bits per heavy atom. The van der Waals surface area contributed by atoms with Gasteiger partial charge in [-0.2, -0.15) is 0 Å². The van der Waals surface area contributed by atoms with Crippen LogP contribution >= 0.6 is 11.3 Å². The van der Waals surface area contributed by atoms with Crippen molar-refractivity contribution in [2.24, 2.45) is 0 Å². The van der Waals surface area contributed by atoms with Crippen LogP contribution in [0.15, 0.2) is 60.0 Å². The van der Waals surface area contributed by atoms with Gasteiger partial charge in [0.25, 0.3) is 0 Å². The fourth-order valence-corrected chi connectivity index (χ4v) is 3.33. The quantitative estimate of drug-likeness (QED) is 0.593. The van der Waals surface area contributed by atoms with Gasteiger partial charge in [0, 0.05) is 4.88 Å². The molecule has 0 spiro atoms. The third-order valence-corrected chi connectivity index (χ3v) is 4.54. The number of thiophene rings is 1. The summed E-state index contributed by atoms with van der Waals surface area (Å²) in [5, 5.41) is 11.3. The molecular formula is C21H18O3S. The Balaban J connectivity index is 1.82. The van der Waals surface area contributed by atoms with Crippen molar-refractivity contribution in [2.75, 3.05) is 0 Å². The molecule has 0 saturated heterocycles. The van der Waals surface area contributed by atoms with Crippen LogP contribution in [0.3, 0.4) is 0 Å². The van der Waals surface area contributed by atoms with Crippen LogP contribution in [-0.2, 0) is 4.79 Å². The minimum Gasteiger partial charge on any atom is -0.478 e. The number of hydrogen-bond acceptors (Lipinski definition) is 3. The summed E-state index contributed by atoms with van der Waals surface area (Å²) in [6.45, 7) is 4.07. The standard InChI is InChI=1S/C21H18O3S/c1-14-10-15(2)12-18(11-14)24-17-7-5-16(6-8-17)13-19(21(22)23)20-4-3-9-25-20/h3-13H,1-2H3,(H,22,23)/b19-13-. The van der Waals surface area contributed by atoms with Gasteiger partial charge >= 0.3 is 5.97 Å². The Kier molecular flexibility index (Phi) is 5.00. The van der Waals surface area contributed by atoms with Gasteiger partial charge in [0.05, 0.1) is 5.57 Å². The third-order valence-electron chi connectivity index (χ3n) is 3.64. The van der Waals surface area contributed by atoms with Gasteiger partial charge < -0.3 is 9.84 Å². The molecule has 0 bridgehead atoms. The third kappa shape index (κ3) is 4.37. The minimum absolute atomic E-state index is 0.290. The van der Waals surface area contributed by atoms with Crippen molar-refractivity contribution in [1.82, 2.24) is 0 Å². The highest BCUT2D eigenvalue weighted by Crippen LogP contribution is 2.26. The lowest BCUT2D eigenvalue weighted by molar-refractivity contribution is -0.130. The maximum atomic E-state index is 11.5. The summed E-state index contributed by atoms with van der Waals surface area (Å²) in [5.74, 6) is 0.582. The Morgan fingerprint density at radius 1 is 1.00 bits per heavy atom. The fourth-order valence-electron chi connectivity index (χ4n) is 2.60. The second kappa shape index (κ2) is 7.36. The maximum absolute atomic E-state index is 11.5. The normalized spacial score (nSPS) is 11.4. The number of rotatable bonds is 5. The molecule has 3 nitrogen and oxygen atoms in total. The Labute approximate surface area is 150 Å². The molecule has 0 saturated carbocycles. The van der Waals surface area contributed by atoms with E-state index in [2.05, 4.69) is 6.07 Å². The van der Waals surface area contributed by atoms with Crippen molar-refractivity contribution in [3.8, 4) is 11.5 Å². The molecule has 25 heavy (non-hydrogen) atoms. The summed E-state index contributed by atoms with van der Waals surface area (Å²) in [7, 11) is 0. The van der Waals surface area contributed by atoms with E-state index in [1.165, 1.54) is 11.3 Å². The molecule has 3 aromatic rings. The lowest BCUT2D eigenvalue weighted by atomic mass is 10.1. The molecule has 0 atom stereocenters. The summed E-state index contributed by atoms with van der Waals surface area (Å²) in [4.78, 5) is 12.2. The van der Waals surface area contributed by atoms with E-state index in [1.807, 2.05) is 67.8 Å². The molecule has 0 unspecified atom stereocenters. The molecule has 4 heteroatoms. The number of hydrogen-bond donors (Lipinski definition) is 1. The van der Waals surface area contributed by atoms with E-state index < -0.39 is 5.97 Å². The smallest absolute Gasteiger partial charge is 0.337 e. The molecule has 3 rings (SSSR count). The first kappa shape index (κ1) is 17.0. The first-order chi connectivity index (χ1) is 12.0. The maximum Gasteiger partial charge on any atom is 0.337 e. The van der Waals surface area contributed by atoms with Gasteiger partial charge in [-0.15, -0.1) is 11.3 Å². The van der Waals surface area contributed by atoms with E-state index in [4.69, 9.17) is 4.74 Å². The molecule has 0 fully saturated rings. The molecular weight excluding hydrogens is 332 g/mol. The highest BCUT2D eigenvalue weighted by Gasteiger charge is 2.11. The summed E-state index contributed by atoms with van der Waals surface area (Å²) in [6, 6.07) is 17.1. The summed E-state index contributed by atoms with van der Waals surface area (Å²) in [5.41, 5.74) is 3.41. The van der Waals surface area contributed by atoms with Crippen LogP contribution in [-0.4, -0.2) is 11.1 Å². The molecule has 126 valence electrons. The largest absolute Gasteiger partial charge is 0.478 e. The van der Waals surface area contributed by atoms with E-state index in [0.29, 0.717) is 0 Å². The Hall–Kier alpha value is -2.85. The molecule has 1 heterocycles. The van der Waals surface area contributed by atoms with E-state index in [-0.39, 0.29) is 5.57 Å². The summed E-state index contributed by atoms with van der Waals surface area (Å²) >= 11 is 1.41. The van der Waals surface area contributed by atoms with Gasteiger partial charge in [0.15, 0.2) is 0 Å². The highest BCUT2D eigenvalue weighted by molar-refractivity contribution is 7.11. The van der Waals surface area contributed by atoms with Crippen LogP contribution in [0, 0.1) is 13.8 Å². The van der Waals surface area contributed by atoms with Crippen LogP contribution in [0.25, 0.3) is 11.6 Å². The van der Waals surface area contributed by atoms with Gasteiger partial charge in [-0.3, -0.25) is 0 Å². The molecule has 0 amide bonds. The first-order valence-corrected chi connectivity index (χ1v) is 8.74. The topological polar surface area (TPSA) is 46.5 Å².